The Kier molecular flexibility index (Phi) is 10.5. The van der Waals surface area contributed by atoms with Gasteiger partial charge in [-0.3, -0.25) is 24.5 Å². The normalized spacial score (nSPS) is 10.8. The summed E-state index contributed by atoms with van der Waals surface area (Å²) in [6.07, 6.45) is 0.0836. The average Bonchev–Trinajstić information content (AvgIpc) is 2.78. The number of hydrogen-bond acceptors (Lipinski definition) is 9. The second-order valence-electron chi connectivity index (χ2n) is 7.29. The molecule has 0 fully saturated rings. The molecule has 2 aromatic rings. The van der Waals surface area contributed by atoms with Gasteiger partial charge in [0.15, 0.2) is 5.78 Å². The van der Waals surface area contributed by atoms with E-state index in [4.69, 9.17) is 4.74 Å². The number of nitrogens with zero attached hydrogens (tertiary/aromatic N) is 4. The highest BCUT2D eigenvalue weighted by atomic mass is 79.9. The van der Waals surface area contributed by atoms with Crippen molar-refractivity contribution in [2.24, 2.45) is 10.2 Å². The summed E-state index contributed by atoms with van der Waals surface area (Å²) in [5, 5.41) is 22.2. The maximum atomic E-state index is 11.9. The molecule has 13 heteroatoms. The molecule has 1 N–H and O–H groups in total. The third-order valence-corrected chi connectivity index (χ3v) is 5.74. The first kappa shape index (κ1) is 28.1. The molecular weight excluding hydrogens is 590 g/mol. The predicted molar refractivity (Wildman–Crippen MR) is 138 cm³/mol. The van der Waals surface area contributed by atoms with Crippen LogP contribution in [-0.4, -0.2) is 42.3 Å². The summed E-state index contributed by atoms with van der Waals surface area (Å²) < 4.78 is 5.64. The third-order valence-electron chi connectivity index (χ3n) is 4.53. The number of anilines is 2. The van der Waals surface area contributed by atoms with Gasteiger partial charge >= 0.3 is 5.97 Å². The highest BCUT2D eigenvalue weighted by Crippen LogP contribution is 2.39. The summed E-state index contributed by atoms with van der Waals surface area (Å²) in [4.78, 5) is 47.0. The number of non-ortho nitro benzene ring substituents is 1. The Morgan fingerprint density at radius 2 is 1.77 bits per heavy atom. The Hall–Kier alpha value is -3.19. The minimum atomic E-state index is -0.521. The van der Waals surface area contributed by atoms with Crippen molar-refractivity contribution in [1.82, 2.24) is 0 Å². The van der Waals surface area contributed by atoms with Crippen LogP contribution in [0.3, 0.4) is 0 Å². The SMILES string of the molecule is CCN(CCC(=O)OCC(C)=O)c1ccc(N=Nc2c(Br)cc([N+](=O)[O-])cc2Br)c(NC(C)=O)c1. The van der Waals surface area contributed by atoms with Crippen molar-refractivity contribution in [3.8, 4) is 0 Å². The van der Waals surface area contributed by atoms with E-state index in [-0.39, 0.29) is 30.4 Å². The quantitative estimate of drug-likeness (QED) is 0.145. The lowest BCUT2D eigenvalue weighted by atomic mass is 10.2. The van der Waals surface area contributed by atoms with Gasteiger partial charge < -0.3 is 15.0 Å². The van der Waals surface area contributed by atoms with E-state index in [1.807, 2.05) is 11.8 Å². The van der Waals surface area contributed by atoms with Crippen LogP contribution in [0.15, 0.2) is 49.5 Å². The highest BCUT2D eigenvalue weighted by Gasteiger charge is 2.15. The van der Waals surface area contributed by atoms with Crippen LogP contribution in [0.5, 0.6) is 0 Å². The molecule has 0 aliphatic heterocycles. The Morgan fingerprint density at radius 3 is 2.31 bits per heavy atom. The second kappa shape index (κ2) is 13.0. The molecule has 0 radical (unpaired) electrons. The molecular formula is C22H23Br2N5O6. The maximum absolute atomic E-state index is 11.9. The van der Waals surface area contributed by atoms with Crippen molar-refractivity contribution in [2.45, 2.75) is 27.2 Å². The molecule has 0 spiro atoms. The minimum Gasteiger partial charge on any atom is -0.458 e. The fourth-order valence-electron chi connectivity index (χ4n) is 2.90. The number of ketones is 1. The standard InChI is InChI=1S/C22H23Br2N5O6/c1-4-28(8-7-21(32)35-12-13(2)30)15-5-6-19(20(11-15)25-14(3)31)26-27-22-17(23)9-16(29(33)34)10-18(22)24/h5-6,9-11H,4,7-8,12H2,1-3H3,(H,25,31). The van der Waals surface area contributed by atoms with Crippen molar-refractivity contribution in [2.75, 3.05) is 29.9 Å². The zero-order chi connectivity index (χ0) is 26.1. The first-order valence-corrected chi connectivity index (χ1v) is 12.0. The Morgan fingerprint density at radius 1 is 1.11 bits per heavy atom. The van der Waals surface area contributed by atoms with Crippen molar-refractivity contribution in [1.29, 1.82) is 0 Å². The number of halogens is 2. The van der Waals surface area contributed by atoms with Gasteiger partial charge in [0, 0.05) is 37.8 Å². The summed E-state index contributed by atoms with van der Waals surface area (Å²) in [6.45, 7) is 5.28. The number of ether oxygens (including phenoxy) is 1. The van der Waals surface area contributed by atoms with Crippen molar-refractivity contribution >= 4 is 78.0 Å². The first-order valence-electron chi connectivity index (χ1n) is 10.4. The lowest BCUT2D eigenvalue weighted by Crippen LogP contribution is -2.27. The molecule has 0 heterocycles. The van der Waals surface area contributed by atoms with Crippen LogP contribution < -0.4 is 10.2 Å². The molecule has 0 saturated heterocycles. The van der Waals surface area contributed by atoms with Crippen LogP contribution in [0.4, 0.5) is 28.4 Å². The van der Waals surface area contributed by atoms with E-state index in [2.05, 4.69) is 47.4 Å². The minimum absolute atomic E-state index is 0.0836. The number of nitro benzene ring substituents is 1. The van der Waals surface area contributed by atoms with Crippen LogP contribution >= 0.6 is 31.9 Å². The molecule has 0 aliphatic rings. The van der Waals surface area contributed by atoms with Gasteiger partial charge in [0.05, 0.1) is 26.0 Å². The van der Waals surface area contributed by atoms with Gasteiger partial charge in [0.1, 0.15) is 18.0 Å². The van der Waals surface area contributed by atoms with Gasteiger partial charge in [-0.2, -0.15) is 0 Å². The lowest BCUT2D eigenvalue weighted by Gasteiger charge is -2.23. The number of esters is 1. The number of nitro groups is 1. The number of carbonyl (C=O) groups excluding carboxylic acids is 3. The van der Waals surface area contributed by atoms with Crippen LogP contribution in [0.25, 0.3) is 0 Å². The molecule has 0 aromatic heterocycles. The van der Waals surface area contributed by atoms with E-state index in [0.717, 1.165) is 5.69 Å². The highest BCUT2D eigenvalue weighted by molar-refractivity contribution is 9.11. The molecule has 186 valence electrons. The molecule has 0 unspecified atom stereocenters. The summed E-state index contributed by atoms with van der Waals surface area (Å²) in [5.74, 6) is -1.03. The summed E-state index contributed by atoms with van der Waals surface area (Å²) in [5.41, 5.74) is 1.71. The topological polar surface area (TPSA) is 144 Å². The molecule has 1 amide bonds. The number of rotatable bonds is 11. The number of amides is 1. The molecule has 0 atom stereocenters. The monoisotopic (exact) mass is 611 g/mol. The molecule has 2 rings (SSSR count). The molecule has 0 bridgehead atoms. The van der Waals surface area contributed by atoms with Gasteiger partial charge in [-0.05, 0) is 63.9 Å². The van der Waals surface area contributed by atoms with Gasteiger partial charge in [-0.1, -0.05) is 0 Å². The van der Waals surface area contributed by atoms with Gasteiger partial charge in [0.2, 0.25) is 5.91 Å². The summed E-state index contributed by atoms with van der Waals surface area (Å²) in [7, 11) is 0. The predicted octanol–water partition coefficient (Wildman–Crippen LogP) is 5.84. The van der Waals surface area contributed by atoms with E-state index in [1.54, 1.807) is 18.2 Å². The second-order valence-corrected chi connectivity index (χ2v) is 9.00. The largest absolute Gasteiger partial charge is 0.458 e. The fraction of sp³-hybridized carbons (Fsp3) is 0.318. The molecule has 11 nitrogen and oxygen atoms in total. The van der Waals surface area contributed by atoms with Crippen LogP contribution in [0.1, 0.15) is 27.2 Å². The number of Topliss-reactive ketones (excluding diaryl/α,β-unsaturated/α-hetero) is 1. The fourth-order valence-corrected chi connectivity index (χ4v) is 4.23. The summed E-state index contributed by atoms with van der Waals surface area (Å²) >= 11 is 6.53. The number of nitrogens with one attached hydrogen (secondary N) is 1. The zero-order valence-corrected chi connectivity index (χ0v) is 22.4. The van der Waals surface area contributed by atoms with E-state index < -0.39 is 10.9 Å². The van der Waals surface area contributed by atoms with Gasteiger partial charge in [-0.15, -0.1) is 10.2 Å². The number of hydrogen-bond donors (Lipinski definition) is 1. The average molecular weight is 613 g/mol. The van der Waals surface area contributed by atoms with E-state index in [0.29, 0.717) is 39.1 Å². The van der Waals surface area contributed by atoms with Gasteiger partial charge in [0.25, 0.3) is 5.69 Å². The van der Waals surface area contributed by atoms with Crippen molar-refractivity contribution in [3.05, 3.63) is 49.4 Å². The maximum Gasteiger partial charge on any atom is 0.308 e. The van der Waals surface area contributed by atoms with Crippen molar-refractivity contribution < 1.29 is 24.0 Å². The number of carbonyl (C=O) groups is 3. The van der Waals surface area contributed by atoms with E-state index >= 15 is 0 Å². The van der Waals surface area contributed by atoms with E-state index in [1.165, 1.54) is 26.0 Å². The smallest absolute Gasteiger partial charge is 0.308 e. The lowest BCUT2D eigenvalue weighted by molar-refractivity contribution is -0.385. The zero-order valence-electron chi connectivity index (χ0n) is 19.2. The molecule has 2 aromatic carbocycles. The van der Waals surface area contributed by atoms with Crippen LogP contribution in [0, 0.1) is 10.1 Å². The number of azo groups is 1. The third kappa shape index (κ3) is 8.51. The molecule has 35 heavy (non-hydrogen) atoms. The molecule has 0 aliphatic carbocycles. The van der Waals surface area contributed by atoms with E-state index in [9.17, 15) is 24.5 Å². The first-order chi connectivity index (χ1) is 16.5. The summed E-state index contributed by atoms with van der Waals surface area (Å²) in [6, 6.07) is 7.77. The van der Waals surface area contributed by atoms with Gasteiger partial charge in [-0.25, -0.2) is 0 Å². The Labute approximate surface area is 218 Å². The van der Waals surface area contributed by atoms with Crippen LogP contribution in [-0.2, 0) is 19.1 Å². The Bertz CT molecular complexity index is 1150. The van der Waals surface area contributed by atoms with Crippen molar-refractivity contribution in [3.63, 3.8) is 0 Å². The van der Waals surface area contributed by atoms with Crippen LogP contribution in [0.2, 0.25) is 0 Å². The number of benzene rings is 2. The Balaban J connectivity index is 2.29. The molecule has 0 saturated carbocycles.